The number of fused-ring (bicyclic) bond motifs is 2. The van der Waals surface area contributed by atoms with E-state index in [1.807, 2.05) is 6.92 Å². The van der Waals surface area contributed by atoms with Gasteiger partial charge < -0.3 is 9.73 Å². The van der Waals surface area contributed by atoms with Crippen molar-refractivity contribution in [3.63, 3.8) is 0 Å². The summed E-state index contributed by atoms with van der Waals surface area (Å²) in [6.07, 6.45) is 4.94. The molecule has 122 valence electrons. The monoisotopic (exact) mass is 346 g/mol. The topological polar surface area (TPSA) is 102 Å². The van der Waals surface area contributed by atoms with Crippen molar-refractivity contribution in [2.45, 2.75) is 43.5 Å². The van der Waals surface area contributed by atoms with Gasteiger partial charge in [0, 0.05) is 12.1 Å². The van der Waals surface area contributed by atoms with Gasteiger partial charge in [0.15, 0.2) is 5.76 Å². The number of amides is 1. The largest absolute Gasteiger partial charge is 0.438 e. The molecule has 2 aliphatic carbocycles. The van der Waals surface area contributed by atoms with Crippen LogP contribution < -0.4 is 10.5 Å². The molecule has 1 amide bonds. The Balaban J connectivity index is 1.70. The lowest BCUT2D eigenvalue weighted by Crippen LogP contribution is -2.40. The molecule has 1 aromatic heterocycles. The van der Waals surface area contributed by atoms with Gasteiger partial charge in [0.2, 0.25) is 15.2 Å². The van der Waals surface area contributed by atoms with Gasteiger partial charge in [-0.1, -0.05) is 6.42 Å². The summed E-state index contributed by atoms with van der Waals surface area (Å²) in [5.74, 6) is 1.35. The van der Waals surface area contributed by atoms with Gasteiger partial charge >= 0.3 is 0 Å². The normalized spacial score (nSPS) is 28.8. The Hall–Kier alpha value is -1.05. The zero-order valence-corrected chi connectivity index (χ0v) is 13.8. The number of furan rings is 1. The highest BCUT2D eigenvalue weighted by Gasteiger charge is 2.42. The fraction of sp³-hybridized carbons (Fsp3) is 0.643. The number of sulfonamides is 1. The van der Waals surface area contributed by atoms with Crippen LogP contribution >= 0.6 is 11.6 Å². The van der Waals surface area contributed by atoms with Crippen molar-refractivity contribution in [1.29, 1.82) is 0 Å². The second-order valence-electron chi connectivity index (χ2n) is 6.39. The highest BCUT2D eigenvalue weighted by molar-refractivity contribution is 7.89. The molecular formula is C14H19ClN2O4S. The van der Waals surface area contributed by atoms with E-state index in [0.717, 1.165) is 18.4 Å². The van der Waals surface area contributed by atoms with E-state index in [2.05, 4.69) is 5.32 Å². The van der Waals surface area contributed by atoms with Gasteiger partial charge in [-0.05, 0) is 55.5 Å². The highest BCUT2D eigenvalue weighted by Crippen LogP contribution is 2.49. The maximum Gasteiger partial charge on any atom is 0.287 e. The predicted molar refractivity (Wildman–Crippen MR) is 81.0 cm³/mol. The first kappa shape index (κ1) is 15.8. The van der Waals surface area contributed by atoms with Crippen molar-refractivity contribution >= 4 is 27.5 Å². The number of hydrogen-bond acceptors (Lipinski definition) is 4. The molecule has 22 heavy (non-hydrogen) atoms. The summed E-state index contributed by atoms with van der Waals surface area (Å²) in [5.41, 5.74) is 0. The van der Waals surface area contributed by atoms with Gasteiger partial charge in [-0.3, -0.25) is 4.79 Å². The maximum atomic E-state index is 12.2. The van der Waals surface area contributed by atoms with E-state index in [9.17, 15) is 13.2 Å². The minimum absolute atomic E-state index is 0.0182. The molecule has 0 radical (unpaired) electrons. The zero-order valence-electron chi connectivity index (χ0n) is 12.2. The van der Waals surface area contributed by atoms with Gasteiger partial charge in [-0.25, -0.2) is 13.6 Å². The Morgan fingerprint density at radius 1 is 1.45 bits per heavy atom. The molecule has 1 aromatic rings. The van der Waals surface area contributed by atoms with Gasteiger partial charge in [0.25, 0.3) is 5.91 Å². The maximum absolute atomic E-state index is 12.2. The highest BCUT2D eigenvalue weighted by atomic mass is 35.5. The number of carbonyl (C=O) groups is 1. The summed E-state index contributed by atoms with van der Waals surface area (Å²) in [5, 5.41) is 7.51. The summed E-state index contributed by atoms with van der Waals surface area (Å²) in [6.45, 7) is 1.98. The number of rotatable bonds is 4. The van der Waals surface area contributed by atoms with Crippen LogP contribution in [-0.4, -0.2) is 20.4 Å². The lowest BCUT2D eigenvalue weighted by atomic mass is 9.84. The summed E-state index contributed by atoms with van der Waals surface area (Å²) in [4.78, 5) is 11.8. The van der Waals surface area contributed by atoms with Crippen LogP contribution in [0.3, 0.4) is 0 Å². The molecule has 3 rings (SSSR count). The van der Waals surface area contributed by atoms with E-state index < -0.39 is 15.9 Å². The van der Waals surface area contributed by atoms with E-state index >= 15 is 0 Å². The zero-order chi connectivity index (χ0) is 16.1. The molecule has 4 unspecified atom stereocenters. The molecule has 2 saturated carbocycles. The standard InChI is InChI=1S/C14H19ClN2O4S/c1-7(10-5-8-2-3-9(10)4-8)17-14(18)11-6-12(13(15)21-11)22(16,19)20/h6-10H,2-5H2,1H3,(H,17,18)(H2,16,19,20). The van der Waals surface area contributed by atoms with E-state index in [1.165, 1.54) is 19.3 Å². The summed E-state index contributed by atoms with van der Waals surface area (Å²) in [6, 6.07) is 1.09. The lowest BCUT2D eigenvalue weighted by Gasteiger charge is -2.28. The molecule has 8 heteroatoms. The third-order valence-corrected chi connectivity index (χ3v) is 6.29. The van der Waals surface area contributed by atoms with Crippen molar-refractivity contribution in [3.05, 3.63) is 17.0 Å². The van der Waals surface area contributed by atoms with Crippen LogP contribution in [0.5, 0.6) is 0 Å². The fourth-order valence-corrected chi connectivity index (χ4v) is 4.95. The number of nitrogens with one attached hydrogen (secondary N) is 1. The van der Waals surface area contributed by atoms with Crippen molar-refractivity contribution in [1.82, 2.24) is 5.32 Å². The smallest absolute Gasteiger partial charge is 0.287 e. The third kappa shape index (κ3) is 2.89. The summed E-state index contributed by atoms with van der Waals surface area (Å²) in [7, 11) is -4.00. The molecule has 6 nitrogen and oxygen atoms in total. The molecule has 0 aliphatic heterocycles. The SMILES string of the molecule is CC(NC(=O)c1cc(S(N)(=O)=O)c(Cl)o1)C1CC2CCC1C2. The molecule has 4 atom stereocenters. The van der Waals surface area contributed by atoms with Crippen molar-refractivity contribution in [3.8, 4) is 0 Å². The molecule has 1 heterocycles. The number of carbonyl (C=O) groups excluding carboxylic acids is 1. The molecule has 0 saturated heterocycles. The Morgan fingerprint density at radius 2 is 2.18 bits per heavy atom. The van der Waals surface area contributed by atoms with Gasteiger partial charge in [-0.15, -0.1) is 0 Å². The summed E-state index contributed by atoms with van der Waals surface area (Å²) >= 11 is 5.68. The van der Waals surface area contributed by atoms with Crippen LogP contribution in [0.1, 0.15) is 43.2 Å². The van der Waals surface area contributed by atoms with Crippen LogP contribution in [0.2, 0.25) is 5.22 Å². The minimum atomic E-state index is -4.00. The van der Waals surface area contributed by atoms with Crippen LogP contribution in [0.4, 0.5) is 0 Å². The first-order valence-electron chi connectivity index (χ1n) is 7.38. The van der Waals surface area contributed by atoms with Crippen LogP contribution in [0.15, 0.2) is 15.4 Å². The van der Waals surface area contributed by atoms with Crippen LogP contribution in [0.25, 0.3) is 0 Å². The Bertz CT molecular complexity index is 700. The second kappa shape index (κ2) is 5.54. The molecule has 2 fully saturated rings. The number of hydrogen-bond donors (Lipinski definition) is 2. The Kier molecular flexibility index (Phi) is 3.99. The molecule has 2 bridgehead atoms. The predicted octanol–water partition coefficient (Wildman–Crippen LogP) is 2.13. The molecular weight excluding hydrogens is 328 g/mol. The van der Waals surface area contributed by atoms with Gasteiger partial charge in [0.05, 0.1) is 0 Å². The number of nitrogens with two attached hydrogens (primary N) is 1. The van der Waals surface area contributed by atoms with E-state index in [1.54, 1.807) is 0 Å². The average molecular weight is 347 g/mol. The van der Waals surface area contributed by atoms with Crippen molar-refractivity contribution in [2.75, 3.05) is 0 Å². The Morgan fingerprint density at radius 3 is 2.68 bits per heavy atom. The van der Waals surface area contributed by atoms with E-state index in [4.69, 9.17) is 21.2 Å². The minimum Gasteiger partial charge on any atom is -0.438 e. The third-order valence-electron chi connectivity index (χ3n) is 4.98. The first-order valence-corrected chi connectivity index (χ1v) is 9.31. The van der Waals surface area contributed by atoms with E-state index in [-0.39, 0.29) is 21.9 Å². The lowest BCUT2D eigenvalue weighted by molar-refractivity contribution is 0.0887. The van der Waals surface area contributed by atoms with Crippen molar-refractivity contribution in [2.24, 2.45) is 22.9 Å². The molecule has 0 spiro atoms. The fourth-order valence-electron chi connectivity index (χ4n) is 3.95. The second-order valence-corrected chi connectivity index (χ2v) is 8.27. The van der Waals surface area contributed by atoms with Crippen LogP contribution in [0, 0.1) is 17.8 Å². The average Bonchev–Trinajstić information content (AvgIpc) is 3.11. The molecule has 2 aliphatic rings. The quantitative estimate of drug-likeness (QED) is 0.871. The van der Waals surface area contributed by atoms with Gasteiger partial charge in [0.1, 0.15) is 4.90 Å². The van der Waals surface area contributed by atoms with Crippen LogP contribution in [-0.2, 0) is 10.0 Å². The van der Waals surface area contributed by atoms with Gasteiger partial charge in [-0.2, -0.15) is 0 Å². The van der Waals surface area contributed by atoms with Crippen molar-refractivity contribution < 1.29 is 17.6 Å². The number of halogens is 1. The Labute approximate surface area is 134 Å². The molecule has 3 N–H and O–H groups in total. The first-order chi connectivity index (χ1) is 10.3. The summed E-state index contributed by atoms with van der Waals surface area (Å²) < 4.78 is 27.6. The molecule has 0 aromatic carbocycles. The number of primary sulfonamides is 1. The van der Waals surface area contributed by atoms with E-state index in [0.29, 0.717) is 11.8 Å².